The molecule has 0 aromatic carbocycles. The van der Waals surface area contributed by atoms with Crippen LogP contribution >= 0.6 is 0 Å². The van der Waals surface area contributed by atoms with Gasteiger partial charge in [0.15, 0.2) is 0 Å². The largest absolute Gasteiger partial charge is 0.313 e. The van der Waals surface area contributed by atoms with Crippen LogP contribution in [0.5, 0.6) is 0 Å². The molecule has 0 aliphatic heterocycles. The summed E-state index contributed by atoms with van der Waals surface area (Å²) in [6.45, 7) is 11.6. The van der Waals surface area contributed by atoms with Gasteiger partial charge in [-0.2, -0.15) is 0 Å². The first-order valence-corrected chi connectivity index (χ1v) is 7.01. The highest BCUT2D eigenvalue weighted by Gasteiger charge is 2.18. The Balaban J connectivity index is 4.08. The number of rotatable bonds is 7. The van der Waals surface area contributed by atoms with Crippen LogP contribution in [0.1, 0.15) is 41.0 Å². The summed E-state index contributed by atoms with van der Waals surface area (Å²) in [5.74, 6) is 1.35. The highest BCUT2D eigenvalue weighted by Crippen LogP contribution is 2.08. The second kappa shape index (κ2) is 7.41. The molecule has 0 radical (unpaired) electrons. The quantitative estimate of drug-likeness (QED) is 0.711. The van der Waals surface area contributed by atoms with Gasteiger partial charge in [0, 0.05) is 27.8 Å². The molecule has 0 saturated carbocycles. The predicted octanol–water partition coefficient (Wildman–Crippen LogP) is 2.17. The van der Waals surface area contributed by atoms with E-state index in [1.807, 2.05) is 0 Å². The first-order valence-electron chi connectivity index (χ1n) is 5.63. The molecular formula is C11H25NOS. The standard InChI is InChI=1S/C11H25NOS/c1-6-10(5)14(13)8-11(9(3)4)12-7-2/h9-12H,6-8H2,1-5H3. The van der Waals surface area contributed by atoms with Crippen LogP contribution in [0.4, 0.5) is 0 Å². The predicted molar refractivity (Wildman–Crippen MR) is 65.1 cm³/mol. The minimum Gasteiger partial charge on any atom is -0.313 e. The molecule has 14 heavy (non-hydrogen) atoms. The minimum atomic E-state index is -0.679. The molecule has 86 valence electrons. The van der Waals surface area contributed by atoms with Crippen LogP contribution in [0.25, 0.3) is 0 Å². The Morgan fingerprint density at radius 2 is 1.79 bits per heavy atom. The molecule has 3 unspecified atom stereocenters. The molecule has 3 heteroatoms. The summed E-state index contributed by atoms with van der Waals surface area (Å²) in [5.41, 5.74) is 0. The molecule has 2 nitrogen and oxygen atoms in total. The van der Waals surface area contributed by atoms with E-state index >= 15 is 0 Å². The van der Waals surface area contributed by atoms with Gasteiger partial charge in [-0.05, 0) is 18.9 Å². The molecule has 0 amide bonds. The summed E-state index contributed by atoms with van der Waals surface area (Å²) in [6.07, 6.45) is 1.00. The van der Waals surface area contributed by atoms with Crippen molar-refractivity contribution in [2.45, 2.75) is 52.3 Å². The molecule has 1 N–H and O–H groups in total. The average molecular weight is 219 g/mol. The summed E-state index contributed by atoms with van der Waals surface area (Å²) in [4.78, 5) is 0. The van der Waals surface area contributed by atoms with Crippen LogP contribution in [0, 0.1) is 5.92 Å². The van der Waals surface area contributed by atoms with Crippen molar-refractivity contribution in [3.63, 3.8) is 0 Å². The van der Waals surface area contributed by atoms with Gasteiger partial charge in [-0.3, -0.25) is 4.21 Å². The van der Waals surface area contributed by atoms with Gasteiger partial charge in [0.2, 0.25) is 0 Å². The van der Waals surface area contributed by atoms with E-state index in [2.05, 4.69) is 39.9 Å². The van der Waals surface area contributed by atoms with Crippen molar-refractivity contribution in [2.24, 2.45) is 5.92 Å². The monoisotopic (exact) mass is 219 g/mol. The Hall–Kier alpha value is 0.110. The molecule has 0 aliphatic carbocycles. The Morgan fingerprint density at radius 3 is 2.14 bits per heavy atom. The van der Waals surface area contributed by atoms with E-state index in [0.29, 0.717) is 17.2 Å². The Bertz CT molecular complexity index is 171. The van der Waals surface area contributed by atoms with Crippen molar-refractivity contribution < 1.29 is 4.21 Å². The Kier molecular flexibility index (Phi) is 7.47. The second-order valence-corrected chi connectivity index (χ2v) is 6.07. The lowest BCUT2D eigenvalue weighted by molar-refractivity contribution is 0.439. The molecule has 0 rings (SSSR count). The van der Waals surface area contributed by atoms with Crippen LogP contribution < -0.4 is 5.32 Å². The Morgan fingerprint density at radius 1 is 1.21 bits per heavy atom. The van der Waals surface area contributed by atoms with E-state index in [-0.39, 0.29) is 0 Å². The van der Waals surface area contributed by atoms with Gasteiger partial charge in [0.25, 0.3) is 0 Å². The maximum absolute atomic E-state index is 11.8. The summed E-state index contributed by atoms with van der Waals surface area (Å²) in [7, 11) is -0.679. The zero-order valence-corrected chi connectivity index (χ0v) is 11.0. The molecule has 0 heterocycles. The maximum atomic E-state index is 11.8. The summed E-state index contributed by atoms with van der Waals surface area (Å²) < 4.78 is 11.8. The Labute approximate surface area is 91.3 Å². The molecule has 0 fully saturated rings. The average Bonchev–Trinajstić information content (AvgIpc) is 2.15. The second-order valence-electron chi connectivity index (χ2n) is 4.17. The van der Waals surface area contributed by atoms with Crippen molar-refractivity contribution in [1.82, 2.24) is 5.32 Å². The summed E-state index contributed by atoms with van der Waals surface area (Å²) >= 11 is 0. The lowest BCUT2D eigenvalue weighted by Crippen LogP contribution is -2.39. The number of hydrogen-bond acceptors (Lipinski definition) is 2. The van der Waals surface area contributed by atoms with Crippen LogP contribution in [-0.2, 0) is 10.8 Å². The summed E-state index contributed by atoms with van der Waals surface area (Å²) in [5, 5.41) is 3.73. The van der Waals surface area contributed by atoms with Crippen molar-refractivity contribution in [2.75, 3.05) is 12.3 Å². The molecule has 0 aromatic rings. The lowest BCUT2D eigenvalue weighted by atomic mass is 10.1. The van der Waals surface area contributed by atoms with E-state index in [0.717, 1.165) is 18.7 Å². The molecule has 3 atom stereocenters. The van der Waals surface area contributed by atoms with E-state index in [1.54, 1.807) is 0 Å². The van der Waals surface area contributed by atoms with Gasteiger partial charge in [-0.15, -0.1) is 0 Å². The molecule has 0 aromatic heterocycles. The smallest absolute Gasteiger partial charge is 0.0394 e. The lowest BCUT2D eigenvalue weighted by Gasteiger charge is -2.22. The van der Waals surface area contributed by atoms with E-state index in [9.17, 15) is 4.21 Å². The maximum Gasteiger partial charge on any atom is 0.0394 e. The van der Waals surface area contributed by atoms with E-state index in [1.165, 1.54) is 0 Å². The highest BCUT2D eigenvalue weighted by atomic mass is 32.2. The van der Waals surface area contributed by atoms with Crippen LogP contribution in [0.15, 0.2) is 0 Å². The van der Waals surface area contributed by atoms with Crippen LogP contribution in [0.3, 0.4) is 0 Å². The van der Waals surface area contributed by atoms with Crippen molar-refractivity contribution in [3.05, 3.63) is 0 Å². The summed E-state index contributed by atoms with van der Waals surface area (Å²) in [6, 6.07) is 0.398. The topological polar surface area (TPSA) is 29.1 Å². The first-order chi connectivity index (χ1) is 6.52. The minimum absolute atomic E-state index is 0.329. The van der Waals surface area contributed by atoms with E-state index < -0.39 is 10.8 Å². The molecule has 0 spiro atoms. The molecule has 0 bridgehead atoms. The SMILES string of the molecule is CCNC(CS(=O)C(C)CC)C(C)C. The third-order valence-electron chi connectivity index (χ3n) is 2.64. The zero-order chi connectivity index (χ0) is 11.1. The molecular weight excluding hydrogens is 194 g/mol. The number of nitrogens with one attached hydrogen (secondary N) is 1. The fourth-order valence-electron chi connectivity index (χ4n) is 1.28. The normalized spacial score (nSPS) is 18.1. The van der Waals surface area contributed by atoms with Gasteiger partial charge in [-0.25, -0.2) is 0 Å². The van der Waals surface area contributed by atoms with Crippen LogP contribution in [0.2, 0.25) is 0 Å². The van der Waals surface area contributed by atoms with Gasteiger partial charge in [0.1, 0.15) is 0 Å². The molecule has 0 saturated heterocycles. The number of hydrogen-bond donors (Lipinski definition) is 1. The van der Waals surface area contributed by atoms with Crippen LogP contribution in [-0.4, -0.2) is 27.8 Å². The van der Waals surface area contributed by atoms with Gasteiger partial charge < -0.3 is 5.32 Å². The molecule has 0 aliphatic rings. The van der Waals surface area contributed by atoms with Gasteiger partial charge in [-0.1, -0.05) is 34.6 Å². The third kappa shape index (κ3) is 5.11. The van der Waals surface area contributed by atoms with E-state index in [4.69, 9.17) is 0 Å². The van der Waals surface area contributed by atoms with Crippen molar-refractivity contribution in [3.8, 4) is 0 Å². The van der Waals surface area contributed by atoms with Crippen molar-refractivity contribution in [1.29, 1.82) is 0 Å². The van der Waals surface area contributed by atoms with Gasteiger partial charge in [0.05, 0.1) is 0 Å². The van der Waals surface area contributed by atoms with Crippen molar-refractivity contribution >= 4 is 10.8 Å². The fourth-order valence-corrected chi connectivity index (χ4v) is 2.83. The zero-order valence-electron chi connectivity index (χ0n) is 10.2. The third-order valence-corrected chi connectivity index (χ3v) is 4.56. The first kappa shape index (κ1) is 14.1. The highest BCUT2D eigenvalue weighted by molar-refractivity contribution is 7.85. The van der Waals surface area contributed by atoms with Gasteiger partial charge >= 0.3 is 0 Å². The fraction of sp³-hybridized carbons (Fsp3) is 1.00.